The second-order valence-electron chi connectivity index (χ2n) is 4.98. The van der Waals surface area contributed by atoms with E-state index in [1.807, 2.05) is 4.90 Å². The minimum absolute atomic E-state index is 0.312. The van der Waals surface area contributed by atoms with Gasteiger partial charge in [0, 0.05) is 32.1 Å². The van der Waals surface area contributed by atoms with Crippen LogP contribution in [0.15, 0.2) is 22.7 Å². The van der Waals surface area contributed by atoms with Crippen LogP contribution in [-0.4, -0.2) is 34.7 Å². The first-order chi connectivity index (χ1) is 10.1. The summed E-state index contributed by atoms with van der Waals surface area (Å²) in [6.07, 6.45) is -0.312. The van der Waals surface area contributed by atoms with Crippen molar-refractivity contribution in [2.75, 3.05) is 19.7 Å². The minimum Gasteiger partial charge on any atom is -0.367 e. The van der Waals surface area contributed by atoms with Crippen LogP contribution < -0.4 is 0 Å². The number of hydrogen-bond acceptors (Lipinski definition) is 5. The smallest absolute Gasteiger partial charge is 0.223 e. The van der Waals surface area contributed by atoms with E-state index < -0.39 is 11.6 Å². The van der Waals surface area contributed by atoms with Crippen molar-refractivity contribution in [2.45, 2.75) is 19.6 Å². The Kier molecular flexibility index (Phi) is 3.94. The molecule has 0 N–H and O–H groups in total. The summed E-state index contributed by atoms with van der Waals surface area (Å²) in [5.41, 5.74) is 0.333. The van der Waals surface area contributed by atoms with E-state index in [1.165, 1.54) is 6.07 Å². The number of morpholine rings is 1. The predicted molar refractivity (Wildman–Crippen MR) is 69.4 cm³/mol. The Morgan fingerprint density at radius 3 is 3.00 bits per heavy atom. The lowest BCUT2D eigenvalue weighted by atomic mass is 10.1. The molecule has 0 unspecified atom stereocenters. The summed E-state index contributed by atoms with van der Waals surface area (Å²) in [6.45, 7) is 3.66. The quantitative estimate of drug-likeness (QED) is 0.869. The average Bonchev–Trinajstić information content (AvgIpc) is 2.91. The Labute approximate surface area is 120 Å². The Balaban J connectivity index is 1.70. The summed E-state index contributed by atoms with van der Waals surface area (Å²) in [6, 6.07) is 4.21. The van der Waals surface area contributed by atoms with Crippen LogP contribution in [0.4, 0.5) is 8.78 Å². The number of aromatic nitrogens is 2. The van der Waals surface area contributed by atoms with Gasteiger partial charge in [0.25, 0.3) is 0 Å². The third-order valence-electron chi connectivity index (χ3n) is 3.41. The highest BCUT2D eigenvalue weighted by atomic mass is 19.2. The van der Waals surface area contributed by atoms with Crippen molar-refractivity contribution in [3.63, 3.8) is 0 Å². The average molecular weight is 295 g/mol. The number of rotatable bonds is 3. The molecular weight excluding hydrogens is 280 g/mol. The molecule has 1 atom stereocenters. The van der Waals surface area contributed by atoms with Gasteiger partial charge < -0.3 is 9.26 Å². The Bertz CT molecular complexity index is 632. The molecule has 0 amide bonds. The molecule has 5 nitrogen and oxygen atoms in total. The normalized spacial score (nSPS) is 19.9. The first-order valence-corrected chi connectivity index (χ1v) is 6.70. The molecule has 1 fully saturated rings. The van der Waals surface area contributed by atoms with E-state index in [0.717, 1.165) is 6.07 Å². The van der Waals surface area contributed by atoms with Crippen LogP contribution in [0.1, 0.15) is 23.4 Å². The maximum Gasteiger partial charge on any atom is 0.223 e. The summed E-state index contributed by atoms with van der Waals surface area (Å²) in [5.74, 6) is -0.666. The molecule has 0 aliphatic carbocycles. The molecule has 0 saturated carbocycles. The van der Waals surface area contributed by atoms with Crippen LogP contribution in [0.5, 0.6) is 0 Å². The summed E-state index contributed by atoms with van der Waals surface area (Å²) >= 11 is 0. The van der Waals surface area contributed by atoms with Crippen LogP contribution in [-0.2, 0) is 11.3 Å². The summed E-state index contributed by atoms with van der Waals surface area (Å²) in [4.78, 5) is 6.13. The van der Waals surface area contributed by atoms with Gasteiger partial charge in [-0.2, -0.15) is 4.98 Å². The molecule has 2 aromatic rings. The molecule has 1 aliphatic rings. The maximum absolute atomic E-state index is 13.7. The minimum atomic E-state index is -0.828. The van der Waals surface area contributed by atoms with E-state index in [4.69, 9.17) is 9.26 Å². The van der Waals surface area contributed by atoms with Crippen LogP contribution >= 0.6 is 0 Å². The summed E-state index contributed by atoms with van der Waals surface area (Å²) in [5, 5.41) is 3.84. The fourth-order valence-corrected chi connectivity index (χ4v) is 2.36. The van der Waals surface area contributed by atoms with Crippen molar-refractivity contribution in [2.24, 2.45) is 0 Å². The van der Waals surface area contributed by atoms with E-state index in [2.05, 4.69) is 10.1 Å². The molecule has 0 radical (unpaired) electrons. The third-order valence-corrected chi connectivity index (χ3v) is 3.41. The second kappa shape index (κ2) is 5.87. The fraction of sp³-hybridized carbons (Fsp3) is 0.429. The van der Waals surface area contributed by atoms with Crippen LogP contribution in [0, 0.1) is 18.6 Å². The van der Waals surface area contributed by atoms with Gasteiger partial charge >= 0.3 is 0 Å². The topological polar surface area (TPSA) is 51.4 Å². The second-order valence-corrected chi connectivity index (χ2v) is 4.98. The summed E-state index contributed by atoms with van der Waals surface area (Å²) in [7, 11) is 0. The van der Waals surface area contributed by atoms with E-state index in [1.54, 1.807) is 13.0 Å². The molecule has 3 rings (SSSR count). The molecule has 1 aromatic heterocycles. The fourth-order valence-electron chi connectivity index (χ4n) is 2.36. The first-order valence-electron chi connectivity index (χ1n) is 6.70. The highest BCUT2D eigenvalue weighted by Crippen LogP contribution is 2.22. The molecule has 1 aliphatic heterocycles. The van der Waals surface area contributed by atoms with Gasteiger partial charge in [0.2, 0.25) is 11.7 Å². The molecule has 7 heteroatoms. The van der Waals surface area contributed by atoms with E-state index in [9.17, 15) is 8.78 Å². The van der Waals surface area contributed by atoms with Crippen molar-refractivity contribution in [3.05, 3.63) is 47.1 Å². The number of ether oxygens (including phenoxy) is 1. The van der Waals surface area contributed by atoms with E-state index in [0.29, 0.717) is 43.5 Å². The molecule has 21 heavy (non-hydrogen) atoms. The number of halogens is 2. The largest absolute Gasteiger partial charge is 0.367 e. The Hall–Kier alpha value is -1.86. The molecule has 0 bridgehead atoms. The molecule has 2 heterocycles. The van der Waals surface area contributed by atoms with Crippen molar-refractivity contribution in [1.29, 1.82) is 0 Å². The molecule has 1 aromatic carbocycles. The number of hydrogen-bond donors (Lipinski definition) is 0. The zero-order valence-electron chi connectivity index (χ0n) is 11.6. The highest BCUT2D eigenvalue weighted by molar-refractivity contribution is 5.19. The SMILES string of the molecule is Cc1nc([C@H]2CN(Cc3cccc(F)c3F)CCO2)no1. The Morgan fingerprint density at radius 1 is 1.38 bits per heavy atom. The maximum atomic E-state index is 13.7. The highest BCUT2D eigenvalue weighted by Gasteiger charge is 2.26. The van der Waals surface area contributed by atoms with Gasteiger partial charge in [-0.15, -0.1) is 0 Å². The predicted octanol–water partition coefficient (Wildman–Crippen LogP) is 2.23. The Morgan fingerprint density at radius 2 is 2.24 bits per heavy atom. The van der Waals surface area contributed by atoms with Crippen molar-refractivity contribution in [3.8, 4) is 0 Å². The van der Waals surface area contributed by atoms with Gasteiger partial charge in [0.05, 0.1) is 6.61 Å². The van der Waals surface area contributed by atoms with E-state index in [-0.39, 0.29) is 6.10 Å². The molecule has 0 spiro atoms. The standard InChI is InChI=1S/C14H15F2N3O2/c1-9-17-14(18-21-9)12-8-19(5-6-20-12)7-10-3-2-4-11(15)13(10)16/h2-4,12H,5-8H2,1H3/t12-/m1/s1. The van der Waals surface area contributed by atoms with Crippen LogP contribution in [0.3, 0.4) is 0 Å². The first kappa shape index (κ1) is 14.1. The molecular formula is C14H15F2N3O2. The lowest BCUT2D eigenvalue weighted by Gasteiger charge is -2.31. The summed E-state index contributed by atoms with van der Waals surface area (Å²) < 4.78 is 37.5. The zero-order valence-corrected chi connectivity index (χ0v) is 11.6. The third kappa shape index (κ3) is 3.08. The van der Waals surface area contributed by atoms with Crippen LogP contribution in [0.25, 0.3) is 0 Å². The zero-order chi connectivity index (χ0) is 14.8. The van der Waals surface area contributed by atoms with Gasteiger partial charge in [0.1, 0.15) is 6.10 Å². The van der Waals surface area contributed by atoms with Gasteiger partial charge in [-0.05, 0) is 6.07 Å². The molecule has 112 valence electrons. The number of benzene rings is 1. The monoisotopic (exact) mass is 295 g/mol. The molecule has 1 saturated heterocycles. The van der Waals surface area contributed by atoms with Gasteiger partial charge in [0.15, 0.2) is 11.6 Å². The van der Waals surface area contributed by atoms with Crippen molar-refractivity contribution < 1.29 is 18.0 Å². The van der Waals surface area contributed by atoms with Gasteiger partial charge in [-0.3, -0.25) is 4.90 Å². The van der Waals surface area contributed by atoms with E-state index >= 15 is 0 Å². The van der Waals surface area contributed by atoms with Crippen molar-refractivity contribution in [1.82, 2.24) is 15.0 Å². The lowest BCUT2D eigenvalue weighted by molar-refractivity contribution is -0.0383. The van der Waals surface area contributed by atoms with Gasteiger partial charge in [-0.1, -0.05) is 17.3 Å². The number of nitrogens with zero attached hydrogens (tertiary/aromatic N) is 3. The van der Waals surface area contributed by atoms with Crippen LogP contribution in [0.2, 0.25) is 0 Å². The van der Waals surface area contributed by atoms with Crippen molar-refractivity contribution >= 4 is 0 Å². The number of aryl methyl sites for hydroxylation is 1. The lowest BCUT2D eigenvalue weighted by Crippen LogP contribution is -2.38. The van der Waals surface area contributed by atoms with Gasteiger partial charge in [-0.25, -0.2) is 8.78 Å².